The molecule has 1 aromatic heterocycles. The van der Waals surface area contributed by atoms with Crippen molar-refractivity contribution in [1.29, 1.82) is 0 Å². The van der Waals surface area contributed by atoms with Gasteiger partial charge in [-0.1, -0.05) is 11.6 Å². The topological polar surface area (TPSA) is 63.8 Å². The van der Waals surface area contributed by atoms with E-state index in [2.05, 4.69) is 15.6 Å². The Hall–Kier alpha value is -1.39. The van der Waals surface area contributed by atoms with Crippen LogP contribution in [-0.2, 0) is 0 Å². The number of halogens is 1. The molecule has 13 heavy (non-hydrogen) atoms. The molecule has 0 aliphatic heterocycles. The van der Waals surface area contributed by atoms with Gasteiger partial charge in [0.25, 0.3) is 0 Å². The third-order valence-electron chi connectivity index (χ3n) is 1.76. The van der Waals surface area contributed by atoms with Crippen LogP contribution in [-0.4, -0.2) is 10.2 Å². The summed E-state index contributed by atoms with van der Waals surface area (Å²) in [5.41, 5.74) is 4.02. The third kappa shape index (κ3) is 1.41. The van der Waals surface area contributed by atoms with Crippen molar-refractivity contribution in [3.05, 3.63) is 29.4 Å². The summed E-state index contributed by atoms with van der Waals surface area (Å²) in [6, 6.07) is 5.35. The number of anilines is 1. The summed E-state index contributed by atoms with van der Waals surface area (Å²) in [6.45, 7) is 0. The van der Waals surface area contributed by atoms with E-state index in [1.54, 1.807) is 24.4 Å². The molecule has 0 atom stereocenters. The number of hydrogen-bond donors (Lipinski definition) is 2. The third-order valence-corrected chi connectivity index (χ3v) is 1.99. The van der Waals surface area contributed by atoms with Gasteiger partial charge in [-0.25, -0.2) is 0 Å². The lowest BCUT2D eigenvalue weighted by atomic mass is 10.2. The van der Waals surface area contributed by atoms with Gasteiger partial charge in [0.1, 0.15) is 0 Å². The lowest BCUT2D eigenvalue weighted by Crippen LogP contribution is -2.07. The van der Waals surface area contributed by atoms with E-state index < -0.39 is 0 Å². The van der Waals surface area contributed by atoms with Crippen molar-refractivity contribution in [2.24, 2.45) is 5.84 Å². The zero-order chi connectivity index (χ0) is 9.26. The lowest BCUT2D eigenvalue weighted by molar-refractivity contribution is 1.07. The first-order valence-corrected chi connectivity index (χ1v) is 4.06. The average Bonchev–Trinajstić information content (AvgIpc) is 2.17. The molecule has 0 amide bonds. The number of aromatic nitrogens is 2. The fraction of sp³-hybridized carbons (Fsp3) is 0. The minimum Gasteiger partial charge on any atom is -0.322 e. The van der Waals surface area contributed by atoms with E-state index in [1.807, 2.05) is 0 Å². The highest BCUT2D eigenvalue weighted by Crippen LogP contribution is 2.22. The summed E-state index contributed by atoms with van der Waals surface area (Å²) >= 11 is 5.83. The number of rotatable bonds is 1. The fourth-order valence-electron chi connectivity index (χ4n) is 1.14. The number of hydrogen-bond acceptors (Lipinski definition) is 4. The summed E-state index contributed by atoms with van der Waals surface area (Å²) in [7, 11) is 0. The van der Waals surface area contributed by atoms with Gasteiger partial charge >= 0.3 is 0 Å². The summed E-state index contributed by atoms with van der Waals surface area (Å²) in [4.78, 5) is 0. The van der Waals surface area contributed by atoms with Gasteiger partial charge in [-0.05, 0) is 18.2 Å². The minimum atomic E-state index is 0.650. The molecule has 0 aliphatic carbocycles. The molecule has 66 valence electrons. The second-order valence-corrected chi connectivity index (χ2v) is 3.00. The second kappa shape index (κ2) is 3.16. The first-order chi connectivity index (χ1) is 6.31. The lowest BCUT2D eigenvalue weighted by Gasteiger charge is -2.03. The van der Waals surface area contributed by atoms with E-state index in [4.69, 9.17) is 17.4 Å². The molecule has 0 spiro atoms. The highest BCUT2D eigenvalue weighted by atomic mass is 35.5. The number of hydrazine groups is 1. The van der Waals surface area contributed by atoms with Crippen molar-refractivity contribution < 1.29 is 0 Å². The maximum Gasteiger partial charge on any atom is 0.0951 e. The molecule has 5 heteroatoms. The monoisotopic (exact) mass is 194 g/mol. The Labute approximate surface area is 79.7 Å². The average molecular weight is 195 g/mol. The van der Waals surface area contributed by atoms with Gasteiger partial charge in [0.15, 0.2) is 0 Å². The van der Waals surface area contributed by atoms with Crippen molar-refractivity contribution >= 4 is 28.2 Å². The zero-order valence-electron chi connectivity index (χ0n) is 6.66. The van der Waals surface area contributed by atoms with E-state index in [-0.39, 0.29) is 0 Å². The number of nitrogens with two attached hydrogens (primary N) is 1. The Balaban J connectivity index is 2.79. The molecule has 0 fully saturated rings. The van der Waals surface area contributed by atoms with Crippen LogP contribution < -0.4 is 11.3 Å². The van der Waals surface area contributed by atoms with E-state index in [0.29, 0.717) is 10.7 Å². The van der Waals surface area contributed by atoms with Crippen LogP contribution in [0.2, 0.25) is 5.02 Å². The van der Waals surface area contributed by atoms with Crippen LogP contribution in [0.1, 0.15) is 0 Å². The standard InChI is InChI=1S/C8H7ClN4/c9-5-1-2-7-6(3-5)8(12-10)4-11-13-7/h1-4H,10H2,(H,12,13). The van der Waals surface area contributed by atoms with Gasteiger partial charge in [-0.15, -0.1) is 0 Å². The predicted octanol–water partition coefficient (Wildman–Crippen LogP) is 1.57. The van der Waals surface area contributed by atoms with Gasteiger partial charge in [-0.3, -0.25) is 5.84 Å². The number of fused-ring (bicyclic) bond motifs is 1. The maximum atomic E-state index is 5.83. The molecule has 1 aromatic carbocycles. The zero-order valence-corrected chi connectivity index (χ0v) is 7.42. The first kappa shape index (κ1) is 8.22. The van der Waals surface area contributed by atoms with Gasteiger partial charge in [0.05, 0.1) is 17.4 Å². The number of benzene rings is 1. The van der Waals surface area contributed by atoms with E-state index in [1.165, 1.54) is 0 Å². The molecule has 3 N–H and O–H groups in total. The smallest absolute Gasteiger partial charge is 0.0951 e. The molecule has 0 saturated carbocycles. The number of nitrogens with zero attached hydrogens (tertiary/aromatic N) is 2. The molecule has 2 aromatic rings. The van der Waals surface area contributed by atoms with Crippen LogP contribution in [0.25, 0.3) is 10.9 Å². The van der Waals surface area contributed by atoms with Crippen LogP contribution in [0.3, 0.4) is 0 Å². The van der Waals surface area contributed by atoms with Crippen molar-refractivity contribution in [3.63, 3.8) is 0 Å². The molecular weight excluding hydrogens is 188 g/mol. The van der Waals surface area contributed by atoms with Gasteiger partial charge < -0.3 is 5.43 Å². The molecule has 4 nitrogen and oxygen atoms in total. The molecule has 0 radical (unpaired) electrons. The Bertz CT molecular complexity index is 443. The molecule has 0 saturated heterocycles. The van der Waals surface area contributed by atoms with Crippen LogP contribution in [0.4, 0.5) is 5.69 Å². The van der Waals surface area contributed by atoms with E-state index in [9.17, 15) is 0 Å². The molecule has 0 aliphatic rings. The van der Waals surface area contributed by atoms with Gasteiger partial charge in [-0.2, -0.15) is 10.2 Å². The minimum absolute atomic E-state index is 0.650. The molecular formula is C8H7ClN4. The van der Waals surface area contributed by atoms with Crippen LogP contribution in [0.15, 0.2) is 24.4 Å². The summed E-state index contributed by atoms with van der Waals surface area (Å²) < 4.78 is 0. The molecule has 0 bridgehead atoms. The van der Waals surface area contributed by atoms with Crippen molar-refractivity contribution in [1.82, 2.24) is 10.2 Å². The number of nitrogens with one attached hydrogen (secondary N) is 1. The number of nitrogen functional groups attached to an aromatic ring is 1. The quantitative estimate of drug-likeness (QED) is 0.534. The highest BCUT2D eigenvalue weighted by molar-refractivity contribution is 6.31. The Kier molecular flexibility index (Phi) is 2.00. The summed E-state index contributed by atoms with van der Waals surface area (Å²) in [5, 5.41) is 9.22. The largest absolute Gasteiger partial charge is 0.322 e. The SMILES string of the molecule is NNc1cnnc2ccc(Cl)cc12. The van der Waals surface area contributed by atoms with Crippen molar-refractivity contribution in [2.75, 3.05) is 5.43 Å². The van der Waals surface area contributed by atoms with Crippen LogP contribution >= 0.6 is 11.6 Å². The van der Waals surface area contributed by atoms with Crippen LogP contribution in [0, 0.1) is 0 Å². The molecule has 2 rings (SSSR count). The maximum absolute atomic E-state index is 5.83. The van der Waals surface area contributed by atoms with E-state index in [0.717, 1.165) is 10.9 Å². The van der Waals surface area contributed by atoms with Crippen molar-refractivity contribution in [3.8, 4) is 0 Å². The Morgan fingerprint density at radius 1 is 1.38 bits per heavy atom. The van der Waals surface area contributed by atoms with Crippen molar-refractivity contribution in [2.45, 2.75) is 0 Å². The molecule has 1 heterocycles. The van der Waals surface area contributed by atoms with E-state index >= 15 is 0 Å². The highest BCUT2D eigenvalue weighted by Gasteiger charge is 2.01. The Morgan fingerprint density at radius 2 is 2.23 bits per heavy atom. The normalized spacial score (nSPS) is 10.3. The van der Waals surface area contributed by atoms with Gasteiger partial charge in [0.2, 0.25) is 0 Å². The van der Waals surface area contributed by atoms with Gasteiger partial charge in [0, 0.05) is 10.4 Å². The summed E-state index contributed by atoms with van der Waals surface area (Å²) in [5.74, 6) is 5.31. The predicted molar refractivity (Wildman–Crippen MR) is 52.4 cm³/mol. The summed E-state index contributed by atoms with van der Waals surface area (Å²) in [6.07, 6.45) is 1.55. The molecule has 0 unspecified atom stereocenters. The first-order valence-electron chi connectivity index (χ1n) is 3.69. The Morgan fingerprint density at radius 3 is 3.00 bits per heavy atom. The fourth-order valence-corrected chi connectivity index (χ4v) is 1.32. The second-order valence-electron chi connectivity index (χ2n) is 2.56. The van der Waals surface area contributed by atoms with Crippen LogP contribution in [0.5, 0.6) is 0 Å².